The molecule has 2 aromatic carbocycles. The highest BCUT2D eigenvalue weighted by atomic mass is 31.2. The third-order valence-corrected chi connectivity index (χ3v) is 5.35. The second kappa shape index (κ2) is 8.21. The smallest absolute Gasteiger partial charge is 0.305 e. The van der Waals surface area contributed by atoms with Gasteiger partial charge < -0.3 is 9.05 Å². The zero-order chi connectivity index (χ0) is 16.7. The Labute approximate surface area is 136 Å². The van der Waals surface area contributed by atoms with Crippen molar-refractivity contribution < 1.29 is 18.0 Å². The van der Waals surface area contributed by atoms with Gasteiger partial charge in [-0.15, -0.1) is 0 Å². The maximum absolute atomic E-state index is 13.0. The number of hydrogen-bond donors (Lipinski definition) is 0. The Bertz CT molecular complexity index is 700. The first-order chi connectivity index (χ1) is 11.1. The monoisotopic (exact) mass is 334 g/mol. The SMILES string of the molecule is CCOP(=O)(OCC)c1ccccc1/C=C/c1ccc(F)cc1. The minimum atomic E-state index is -3.35. The van der Waals surface area contributed by atoms with E-state index in [-0.39, 0.29) is 5.82 Å². The van der Waals surface area contributed by atoms with Gasteiger partial charge >= 0.3 is 7.60 Å². The molecule has 122 valence electrons. The van der Waals surface area contributed by atoms with Crippen molar-refractivity contribution in [3.63, 3.8) is 0 Å². The van der Waals surface area contributed by atoms with Crippen LogP contribution in [-0.4, -0.2) is 13.2 Å². The van der Waals surface area contributed by atoms with E-state index in [1.807, 2.05) is 24.3 Å². The van der Waals surface area contributed by atoms with E-state index in [1.165, 1.54) is 12.1 Å². The fourth-order valence-corrected chi connectivity index (χ4v) is 3.92. The molecule has 0 spiro atoms. The highest BCUT2D eigenvalue weighted by Gasteiger charge is 2.28. The third kappa shape index (κ3) is 4.61. The number of halogens is 1. The van der Waals surface area contributed by atoms with E-state index in [0.717, 1.165) is 11.1 Å². The molecule has 0 atom stereocenters. The molecule has 2 rings (SSSR count). The van der Waals surface area contributed by atoms with E-state index in [2.05, 4.69) is 0 Å². The summed E-state index contributed by atoms with van der Waals surface area (Å²) in [5, 5.41) is 0.530. The van der Waals surface area contributed by atoms with Crippen LogP contribution in [0.25, 0.3) is 12.2 Å². The van der Waals surface area contributed by atoms with Crippen LogP contribution in [0.15, 0.2) is 48.5 Å². The topological polar surface area (TPSA) is 35.5 Å². The summed E-state index contributed by atoms with van der Waals surface area (Å²) < 4.78 is 36.7. The lowest BCUT2D eigenvalue weighted by Gasteiger charge is -2.18. The van der Waals surface area contributed by atoms with E-state index < -0.39 is 7.60 Å². The third-order valence-electron chi connectivity index (χ3n) is 3.16. The Morgan fingerprint density at radius 3 is 2.17 bits per heavy atom. The second-order valence-corrected chi connectivity index (χ2v) is 6.77. The van der Waals surface area contributed by atoms with Crippen LogP contribution in [0.5, 0.6) is 0 Å². The Morgan fingerprint density at radius 2 is 1.57 bits per heavy atom. The standard InChI is InChI=1S/C18H20FO3P/c1-3-21-23(20,22-4-2)18-8-6-5-7-16(18)12-9-15-10-13-17(19)14-11-15/h5-14H,3-4H2,1-2H3/b12-9+. The van der Waals surface area contributed by atoms with Crippen molar-refractivity contribution in [2.75, 3.05) is 13.2 Å². The molecule has 0 radical (unpaired) electrons. The molecule has 0 aliphatic rings. The summed E-state index contributed by atoms with van der Waals surface area (Å²) in [6, 6.07) is 13.4. The van der Waals surface area contributed by atoms with Gasteiger partial charge in [0, 0.05) is 0 Å². The van der Waals surface area contributed by atoms with Crippen molar-refractivity contribution in [3.05, 3.63) is 65.5 Å². The molecule has 0 aromatic heterocycles. The van der Waals surface area contributed by atoms with Crippen LogP contribution < -0.4 is 5.30 Å². The molecule has 0 unspecified atom stereocenters. The van der Waals surface area contributed by atoms with Crippen molar-refractivity contribution in [1.29, 1.82) is 0 Å². The maximum Gasteiger partial charge on any atom is 0.361 e. The van der Waals surface area contributed by atoms with Crippen molar-refractivity contribution in [2.45, 2.75) is 13.8 Å². The predicted molar refractivity (Wildman–Crippen MR) is 92.3 cm³/mol. The van der Waals surface area contributed by atoms with Crippen LogP contribution in [0, 0.1) is 5.82 Å². The number of benzene rings is 2. The average molecular weight is 334 g/mol. The first-order valence-electron chi connectivity index (χ1n) is 7.51. The Balaban J connectivity index is 2.36. The molecular formula is C18H20FO3P. The molecule has 0 amide bonds. The van der Waals surface area contributed by atoms with Gasteiger partial charge in [-0.05, 0) is 43.2 Å². The largest absolute Gasteiger partial charge is 0.361 e. The number of hydrogen-bond acceptors (Lipinski definition) is 3. The molecule has 2 aromatic rings. The lowest BCUT2D eigenvalue weighted by molar-refractivity contribution is 0.230. The number of rotatable bonds is 7. The Morgan fingerprint density at radius 1 is 0.957 bits per heavy atom. The van der Waals surface area contributed by atoms with Gasteiger partial charge in [-0.1, -0.05) is 42.5 Å². The first kappa shape index (κ1) is 17.6. The van der Waals surface area contributed by atoms with Crippen molar-refractivity contribution in [3.8, 4) is 0 Å². The molecule has 0 heterocycles. The normalized spacial score (nSPS) is 12.0. The molecule has 0 fully saturated rings. The van der Waals surface area contributed by atoms with Gasteiger partial charge in [0.2, 0.25) is 0 Å². The minimum Gasteiger partial charge on any atom is -0.305 e. The highest BCUT2D eigenvalue weighted by molar-refractivity contribution is 7.62. The van der Waals surface area contributed by atoms with Gasteiger partial charge in [-0.25, -0.2) is 4.39 Å². The second-order valence-electron chi connectivity index (χ2n) is 4.78. The lowest BCUT2D eigenvalue weighted by Crippen LogP contribution is -2.13. The van der Waals surface area contributed by atoms with E-state index in [0.29, 0.717) is 18.5 Å². The molecule has 0 bridgehead atoms. The Kier molecular flexibility index (Phi) is 6.28. The molecule has 0 aliphatic carbocycles. The summed E-state index contributed by atoms with van der Waals surface area (Å²) in [4.78, 5) is 0. The summed E-state index contributed by atoms with van der Waals surface area (Å²) >= 11 is 0. The van der Waals surface area contributed by atoms with E-state index in [9.17, 15) is 8.96 Å². The molecule has 3 nitrogen and oxygen atoms in total. The van der Waals surface area contributed by atoms with Gasteiger partial charge in [-0.3, -0.25) is 4.57 Å². The zero-order valence-corrected chi connectivity index (χ0v) is 14.1. The van der Waals surface area contributed by atoms with E-state index in [1.54, 1.807) is 38.1 Å². The van der Waals surface area contributed by atoms with Crippen LogP contribution in [0.4, 0.5) is 4.39 Å². The van der Waals surface area contributed by atoms with Crippen molar-refractivity contribution >= 4 is 25.1 Å². The van der Waals surface area contributed by atoms with Gasteiger partial charge in [0.15, 0.2) is 0 Å². The van der Waals surface area contributed by atoms with Crippen LogP contribution >= 0.6 is 7.60 Å². The van der Waals surface area contributed by atoms with Crippen molar-refractivity contribution in [1.82, 2.24) is 0 Å². The van der Waals surface area contributed by atoms with E-state index >= 15 is 0 Å². The molecule has 0 saturated heterocycles. The lowest BCUT2D eigenvalue weighted by atomic mass is 10.1. The van der Waals surface area contributed by atoms with Crippen LogP contribution in [0.1, 0.15) is 25.0 Å². The molecule has 0 aliphatic heterocycles. The summed E-state index contributed by atoms with van der Waals surface area (Å²) in [6.07, 6.45) is 3.66. The summed E-state index contributed by atoms with van der Waals surface area (Å²) in [5.74, 6) is -0.278. The minimum absolute atomic E-state index is 0.278. The van der Waals surface area contributed by atoms with Crippen LogP contribution in [0.2, 0.25) is 0 Å². The quantitative estimate of drug-likeness (QED) is 0.534. The highest BCUT2D eigenvalue weighted by Crippen LogP contribution is 2.47. The van der Waals surface area contributed by atoms with Gasteiger partial charge in [-0.2, -0.15) is 0 Å². The fourth-order valence-electron chi connectivity index (χ4n) is 2.15. The maximum atomic E-state index is 13.0. The molecule has 23 heavy (non-hydrogen) atoms. The first-order valence-corrected chi connectivity index (χ1v) is 9.05. The van der Waals surface area contributed by atoms with E-state index in [4.69, 9.17) is 9.05 Å². The summed E-state index contributed by atoms with van der Waals surface area (Å²) in [7, 11) is -3.35. The average Bonchev–Trinajstić information content (AvgIpc) is 2.55. The zero-order valence-electron chi connectivity index (χ0n) is 13.2. The van der Waals surface area contributed by atoms with Gasteiger partial charge in [0.05, 0.1) is 18.5 Å². The Hall–Kier alpha value is -1.74. The van der Waals surface area contributed by atoms with Crippen LogP contribution in [-0.2, 0) is 13.6 Å². The van der Waals surface area contributed by atoms with Crippen LogP contribution in [0.3, 0.4) is 0 Å². The predicted octanol–water partition coefficient (Wildman–Crippen LogP) is 4.89. The molecule has 5 heteroatoms. The van der Waals surface area contributed by atoms with Gasteiger partial charge in [0.25, 0.3) is 0 Å². The summed E-state index contributed by atoms with van der Waals surface area (Å²) in [6.45, 7) is 4.16. The summed E-state index contributed by atoms with van der Waals surface area (Å²) in [5.41, 5.74) is 1.60. The molecule has 0 saturated carbocycles. The molecule has 0 N–H and O–H groups in total. The fraction of sp³-hybridized carbons (Fsp3) is 0.222. The van der Waals surface area contributed by atoms with Crippen molar-refractivity contribution in [2.24, 2.45) is 0 Å². The van der Waals surface area contributed by atoms with Gasteiger partial charge in [0.1, 0.15) is 5.82 Å². The molecular weight excluding hydrogens is 314 g/mol.